The van der Waals surface area contributed by atoms with Crippen molar-refractivity contribution in [1.82, 2.24) is 25.0 Å². The van der Waals surface area contributed by atoms with Crippen molar-refractivity contribution in [3.8, 4) is 0 Å². The predicted octanol–water partition coefficient (Wildman–Crippen LogP) is 2.18. The van der Waals surface area contributed by atoms with Crippen LogP contribution in [0.2, 0.25) is 0 Å². The smallest absolute Gasteiger partial charge is 0.407 e. The Morgan fingerprint density at radius 3 is 2.71 bits per heavy atom. The van der Waals surface area contributed by atoms with E-state index in [9.17, 15) is 4.79 Å². The van der Waals surface area contributed by atoms with E-state index in [1.807, 2.05) is 20.8 Å². The topological polar surface area (TPSA) is 72.3 Å². The third-order valence-electron chi connectivity index (χ3n) is 4.67. The monoisotopic (exact) mass is 335 g/mol. The molecule has 1 atom stereocenters. The maximum Gasteiger partial charge on any atom is 0.407 e. The molecule has 1 saturated heterocycles. The van der Waals surface area contributed by atoms with Gasteiger partial charge in [0.1, 0.15) is 17.2 Å². The first kappa shape index (κ1) is 17.2. The Bertz CT molecular complexity index is 588. The van der Waals surface area contributed by atoms with Crippen LogP contribution in [0.3, 0.4) is 0 Å². The molecule has 134 valence electrons. The van der Waals surface area contributed by atoms with Gasteiger partial charge in [0.2, 0.25) is 0 Å². The number of alkyl carbamates (subject to hydrolysis) is 1. The van der Waals surface area contributed by atoms with E-state index in [1.165, 1.54) is 12.8 Å². The van der Waals surface area contributed by atoms with Gasteiger partial charge in [-0.05, 0) is 53.0 Å². The lowest BCUT2D eigenvalue weighted by atomic mass is 10.2. The summed E-state index contributed by atoms with van der Waals surface area (Å²) in [4.78, 5) is 14.2. The van der Waals surface area contributed by atoms with Gasteiger partial charge in [-0.3, -0.25) is 4.90 Å². The average Bonchev–Trinajstić information content (AvgIpc) is 3.12. The Labute approximate surface area is 143 Å². The number of carbonyl (C=O) groups excluding carboxylic acids is 1. The molecule has 0 spiro atoms. The quantitative estimate of drug-likeness (QED) is 0.893. The van der Waals surface area contributed by atoms with Gasteiger partial charge in [-0.15, -0.1) is 10.2 Å². The van der Waals surface area contributed by atoms with Crippen molar-refractivity contribution in [2.75, 3.05) is 13.1 Å². The van der Waals surface area contributed by atoms with E-state index in [0.717, 1.165) is 37.6 Å². The van der Waals surface area contributed by atoms with Gasteiger partial charge in [-0.1, -0.05) is 0 Å². The van der Waals surface area contributed by atoms with Gasteiger partial charge >= 0.3 is 6.09 Å². The van der Waals surface area contributed by atoms with Crippen LogP contribution in [0.1, 0.15) is 64.0 Å². The Morgan fingerprint density at radius 2 is 2.04 bits per heavy atom. The van der Waals surface area contributed by atoms with Crippen molar-refractivity contribution in [3.63, 3.8) is 0 Å². The molecule has 1 amide bonds. The molecule has 7 heteroatoms. The van der Waals surface area contributed by atoms with Gasteiger partial charge in [0.25, 0.3) is 0 Å². The third-order valence-corrected chi connectivity index (χ3v) is 4.67. The summed E-state index contributed by atoms with van der Waals surface area (Å²) in [6.45, 7) is 8.06. The highest BCUT2D eigenvalue weighted by Crippen LogP contribution is 2.38. The maximum absolute atomic E-state index is 11.8. The summed E-state index contributed by atoms with van der Waals surface area (Å²) in [7, 11) is 2.06. The number of nitrogens with one attached hydrogen (secondary N) is 1. The zero-order valence-corrected chi connectivity index (χ0v) is 15.2. The van der Waals surface area contributed by atoms with Crippen molar-refractivity contribution >= 4 is 6.09 Å². The highest BCUT2D eigenvalue weighted by atomic mass is 16.6. The SMILES string of the molecule is Cn1c(CN2CCC[C@H]2CNC(=O)OC(C)(C)C)nnc1C1CC1. The molecule has 7 nitrogen and oxygen atoms in total. The van der Waals surface area contributed by atoms with Gasteiger partial charge in [0.15, 0.2) is 0 Å². The Hall–Kier alpha value is -1.63. The first-order chi connectivity index (χ1) is 11.3. The summed E-state index contributed by atoms with van der Waals surface area (Å²) in [6, 6.07) is 0.332. The lowest BCUT2D eigenvalue weighted by Gasteiger charge is -2.25. The van der Waals surface area contributed by atoms with Gasteiger partial charge in [-0.2, -0.15) is 0 Å². The highest BCUT2D eigenvalue weighted by molar-refractivity contribution is 5.67. The second-order valence-electron chi connectivity index (χ2n) is 7.96. The van der Waals surface area contributed by atoms with Crippen molar-refractivity contribution < 1.29 is 9.53 Å². The van der Waals surface area contributed by atoms with E-state index in [4.69, 9.17) is 4.74 Å². The molecule has 0 bridgehead atoms. The Balaban J connectivity index is 1.53. The van der Waals surface area contributed by atoms with Crippen LogP contribution in [0, 0.1) is 0 Å². The fraction of sp³-hybridized carbons (Fsp3) is 0.824. The Kier molecular flexibility index (Phi) is 4.80. The molecule has 24 heavy (non-hydrogen) atoms. The molecule has 2 aliphatic rings. The molecule has 0 unspecified atom stereocenters. The standard InChI is InChI=1S/C17H29N5O2/c1-17(2,3)24-16(23)18-10-13-6-5-9-22(13)11-14-19-20-15(21(14)4)12-7-8-12/h12-13H,5-11H2,1-4H3,(H,18,23)/t13-/m0/s1. The Morgan fingerprint density at radius 1 is 1.29 bits per heavy atom. The van der Waals surface area contributed by atoms with E-state index in [-0.39, 0.29) is 6.09 Å². The number of hydrogen-bond acceptors (Lipinski definition) is 5. The van der Waals surface area contributed by atoms with Crippen molar-refractivity contribution in [2.24, 2.45) is 7.05 Å². The lowest BCUT2D eigenvalue weighted by Crippen LogP contribution is -2.42. The van der Waals surface area contributed by atoms with E-state index < -0.39 is 5.60 Å². The second-order valence-corrected chi connectivity index (χ2v) is 7.96. The van der Waals surface area contributed by atoms with Gasteiger partial charge in [-0.25, -0.2) is 4.79 Å². The van der Waals surface area contributed by atoms with Gasteiger partial charge in [0.05, 0.1) is 6.54 Å². The summed E-state index contributed by atoms with van der Waals surface area (Å²) in [5.41, 5.74) is -0.461. The maximum atomic E-state index is 11.8. The molecular weight excluding hydrogens is 306 g/mol. The van der Waals surface area contributed by atoms with Crippen LogP contribution in [0.15, 0.2) is 0 Å². The number of ether oxygens (including phenoxy) is 1. The molecule has 0 radical (unpaired) electrons. The third kappa shape index (κ3) is 4.26. The summed E-state index contributed by atoms with van der Waals surface area (Å²) in [6.07, 6.45) is 4.36. The van der Waals surface area contributed by atoms with Crippen LogP contribution in [-0.2, 0) is 18.3 Å². The summed E-state index contributed by atoms with van der Waals surface area (Å²) < 4.78 is 7.46. The van der Waals surface area contributed by atoms with E-state index in [2.05, 4.69) is 32.0 Å². The molecule has 1 aliphatic carbocycles. The molecule has 1 aliphatic heterocycles. The van der Waals surface area contributed by atoms with Crippen LogP contribution >= 0.6 is 0 Å². The molecule has 1 aromatic heterocycles. The van der Waals surface area contributed by atoms with Crippen molar-refractivity contribution in [3.05, 3.63) is 11.6 Å². The minimum atomic E-state index is -0.461. The minimum absolute atomic E-state index is 0.332. The summed E-state index contributed by atoms with van der Waals surface area (Å²) >= 11 is 0. The van der Waals surface area contributed by atoms with Gasteiger partial charge in [0, 0.05) is 25.6 Å². The van der Waals surface area contributed by atoms with Crippen LogP contribution in [0.25, 0.3) is 0 Å². The first-order valence-corrected chi connectivity index (χ1v) is 8.92. The molecule has 1 saturated carbocycles. The van der Waals surface area contributed by atoms with E-state index >= 15 is 0 Å². The van der Waals surface area contributed by atoms with Crippen LogP contribution < -0.4 is 5.32 Å². The highest BCUT2D eigenvalue weighted by Gasteiger charge is 2.31. The second kappa shape index (κ2) is 6.70. The van der Waals surface area contributed by atoms with Gasteiger partial charge < -0.3 is 14.6 Å². The molecule has 1 N–H and O–H groups in total. The number of carbonyl (C=O) groups is 1. The fourth-order valence-corrected chi connectivity index (χ4v) is 3.24. The molecule has 2 fully saturated rings. The fourth-order valence-electron chi connectivity index (χ4n) is 3.24. The number of hydrogen-bond donors (Lipinski definition) is 1. The number of aromatic nitrogens is 3. The first-order valence-electron chi connectivity index (χ1n) is 8.92. The average molecular weight is 335 g/mol. The summed E-state index contributed by atoms with van der Waals surface area (Å²) in [5, 5.41) is 11.6. The molecule has 1 aromatic rings. The zero-order valence-electron chi connectivity index (χ0n) is 15.2. The zero-order chi connectivity index (χ0) is 17.3. The van der Waals surface area contributed by atoms with Crippen LogP contribution in [0.5, 0.6) is 0 Å². The largest absolute Gasteiger partial charge is 0.444 e. The number of amides is 1. The molecule has 0 aromatic carbocycles. The molecule has 3 rings (SSSR count). The van der Waals surface area contributed by atoms with Crippen molar-refractivity contribution in [1.29, 1.82) is 0 Å². The lowest BCUT2D eigenvalue weighted by molar-refractivity contribution is 0.0512. The normalized spacial score (nSPS) is 21.9. The van der Waals surface area contributed by atoms with E-state index in [1.54, 1.807) is 0 Å². The predicted molar refractivity (Wildman–Crippen MR) is 90.6 cm³/mol. The number of likely N-dealkylation sites (tertiary alicyclic amines) is 1. The van der Waals surface area contributed by atoms with Crippen LogP contribution in [-0.4, -0.2) is 50.5 Å². The van der Waals surface area contributed by atoms with E-state index in [0.29, 0.717) is 18.5 Å². The van der Waals surface area contributed by atoms with Crippen molar-refractivity contribution in [2.45, 2.75) is 70.6 Å². The number of rotatable bonds is 5. The number of nitrogens with zero attached hydrogens (tertiary/aromatic N) is 4. The van der Waals surface area contributed by atoms with Crippen LogP contribution in [0.4, 0.5) is 4.79 Å². The summed E-state index contributed by atoms with van der Waals surface area (Å²) in [5.74, 6) is 2.74. The molecule has 2 heterocycles. The molecular formula is C17H29N5O2. The minimum Gasteiger partial charge on any atom is -0.444 e.